The highest BCUT2D eigenvalue weighted by Crippen LogP contribution is 2.32. The summed E-state index contributed by atoms with van der Waals surface area (Å²) in [6.07, 6.45) is 0. The van der Waals surface area contributed by atoms with Crippen molar-refractivity contribution in [2.75, 3.05) is 30.9 Å². The molecule has 134 valence electrons. The molecule has 0 bridgehead atoms. The molecule has 0 aliphatic heterocycles. The SMILES string of the molecule is COc1ccc(S(=O)(=O)N(C)c2ccc(NC(C)=O)cc2)c(OC)c1. The van der Waals surface area contributed by atoms with Crippen LogP contribution in [0.3, 0.4) is 0 Å². The Morgan fingerprint density at radius 1 is 1.04 bits per heavy atom. The molecule has 7 nitrogen and oxygen atoms in total. The zero-order valence-corrected chi connectivity index (χ0v) is 15.3. The van der Waals surface area contributed by atoms with Crippen LogP contribution in [0, 0.1) is 0 Å². The Labute approximate surface area is 147 Å². The third kappa shape index (κ3) is 4.03. The first-order chi connectivity index (χ1) is 11.8. The van der Waals surface area contributed by atoms with Gasteiger partial charge < -0.3 is 14.8 Å². The van der Waals surface area contributed by atoms with Crippen LogP contribution in [-0.4, -0.2) is 35.6 Å². The number of ether oxygens (including phenoxy) is 2. The van der Waals surface area contributed by atoms with Crippen LogP contribution in [0.25, 0.3) is 0 Å². The van der Waals surface area contributed by atoms with E-state index in [1.807, 2.05) is 0 Å². The fourth-order valence-corrected chi connectivity index (χ4v) is 3.56. The monoisotopic (exact) mass is 364 g/mol. The van der Waals surface area contributed by atoms with Crippen molar-refractivity contribution in [1.82, 2.24) is 0 Å². The van der Waals surface area contributed by atoms with Crippen LogP contribution in [-0.2, 0) is 14.8 Å². The molecular formula is C17H20N2O5S. The van der Waals surface area contributed by atoms with Gasteiger partial charge in [0.05, 0.1) is 19.9 Å². The molecule has 0 atom stereocenters. The van der Waals surface area contributed by atoms with Gasteiger partial charge in [-0.3, -0.25) is 9.10 Å². The van der Waals surface area contributed by atoms with E-state index < -0.39 is 10.0 Å². The molecule has 1 amide bonds. The summed E-state index contributed by atoms with van der Waals surface area (Å²) in [5, 5.41) is 2.63. The topological polar surface area (TPSA) is 84.9 Å². The lowest BCUT2D eigenvalue weighted by atomic mass is 10.3. The standard InChI is InChI=1S/C17H20N2O5S/c1-12(20)18-13-5-7-14(8-6-13)19(2)25(21,22)17-10-9-15(23-3)11-16(17)24-4/h5-11H,1-4H3,(H,18,20). The maximum absolute atomic E-state index is 12.9. The molecule has 25 heavy (non-hydrogen) atoms. The quantitative estimate of drug-likeness (QED) is 0.851. The van der Waals surface area contributed by atoms with E-state index in [2.05, 4.69) is 5.32 Å². The van der Waals surface area contributed by atoms with Gasteiger partial charge in [0, 0.05) is 25.7 Å². The molecule has 8 heteroatoms. The molecule has 0 aliphatic carbocycles. The van der Waals surface area contributed by atoms with Gasteiger partial charge in [-0.05, 0) is 36.4 Å². The summed E-state index contributed by atoms with van der Waals surface area (Å²) in [4.78, 5) is 11.1. The van der Waals surface area contributed by atoms with Crippen molar-refractivity contribution in [3.05, 3.63) is 42.5 Å². The van der Waals surface area contributed by atoms with Crippen LogP contribution in [0.4, 0.5) is 11.4 Å². The van der Waals surface area contributed by atoms with Crippen molar-refractivity contribution in [3.63, 3.8) is 0 Å². The van der Waals surface area contributed by atoms with Gasteiger partial charge in [0.25, 0.3) is 10.0 Å². The molecule has 0 radical (unpaired) electrons. The second kappa shape index (κ2) is 7.43. The van der Waals surface area contributed by atoms with Gasteiger partial charge in [-0.1, -0.05) is 0 Å². The average molecular weight is 364 g/mol. The van der Waals surface area contributed by atoms with Crippen LogP contribution < -0.4 is 19.1 Å². The highest BCUT2D eigenvalue weighted by atomic mass is 32.2. The number of nitrogens with zero attached hydrogens (tertiary/aromatic N) is 1. The van der Waals surface area contributed by atoms with E-state index in [9.17, 15) is 13.2 Å². The maximum Gasteiger partial charge on any atom is 0.267 e. The fraction of sp³-hybridized carbons (Fsp3) is 0.235. The van der Waals surface area contributed by atoms with Crippen LogP contribution in [0.2, 0.25) is 0 Å². The largest absolute Gasteiger partial charge is 0.497 e. The molecule has 2 aromatic rings. The van der Waals surface area contributed by atoms with E-state index in [1.54, 1.807) is 30.3 Å². The van der Waals surface area contributed by atoms with Gasteiger partial charge in [-0.2, -0.15) is 0 Å². The van der Waals surface area contributed by atoms with Gasteiger partial charge in [-0.15, -0.1) is 0 Å². The first-order valence-electron chi connectivity index (χ1n) is 7.38. The summed E-state index contributed by atoms with van der Waals surface area (Å²) in [6, 6.07) is 11.0. The van der Waals surface area contributed by atoms with E-state index >= 15 is 0 Å². The molecule has 0 saturated carbocycles. The first kappa shape index (κ1) is 18.6. The van der Waals surface area contributed by atoms with Gasteiger partial charge in [0.15, 0.2) is 0 Å². The van der Waals surface area contributed by atoms with Gasteiger partial charge in [0.2, 0.25) is 5.91 Å². The Kier molecular flexibility index (Phi) is 5.53. The molecule has 0 saturated heterocycles. The number of rotatable bonds is 6. The Bertz CT molecular complexity index is 863. The zero-order chi connectivity index (χ0) is 18.6. The molecule has 2 aromatic carbocycles. The Morgan fingerprint density at radius 3 is 2.20 bits per heavy atom. The summed E-state index contributed by atoms with van der Waals surface area (Å²) in [5.41, 5.74) is 1.04. The van der Waals surface area contributed by atoms with Crippen molar-refractivity contribution in [2.45, 2.75) is 11.8 Å². The van der Waals surface area contributed by atoms with Crippen molar-refractivity contribution >= 4 is 27.3 Å². The summed E-state index contributed by atoms with van der Waals surface area (Å²) in [7, 11) is 0.511. The minimum Gasteiger partial charge on any atom is -0.497 e. The zero-order valence-electron chi connectivity index (χ0n) is 14.4. The van der Waals surface area contributed by atoms with Crippen LogP contribution >= 0.6 is 0 Å². The van der Waals surface area contributed by atoms with Crippen LogP contribution in [0.1, 0.15) is 6.92 Å². The molecule has 0 fully saturated rings. The van der Waals surface area contributed by atoms with Crippen molar-refractivity contribution in [2.24, 2.45) is 0 Å². The Balaban J connectivity index is 2.37. The maximum atomic E-state index is 12.9. The number of carbonyl (C=O) groups excluding carboxylic acids is 1. The number of anilines is 2. The molecule has 1 N–H and O–H groups in total. The van der Waals surface area contributed by atoms with Crippen molar-refractivity contribution in [1.29, 1.82) is 0 Å². The molecule has 0 aliphatic rings. The predicted molar refractivity (Wildman–Crippen MR) is 95.9 cm³/mol. The molecular weight excluding hydrogens is 344 g/mol. The first-order valence-corrected chi connectivity index (χ1v) is 8.82. The average Bonchev–Trinajstić information content (AvgIpc) is 2.60. The van der Waals surface area contributed by atoms with E-state index in [-0.39, 0.29) is 16.6 Å². The lowest BCUT2D eigenvalue weighted by Gasteiger charge is -2.21. The summed E-state index contributed by atoms with van der Waals surface area (Å²) < 4.78 is 37.2. The summed E-state index contributed by atoms with van der Waals surface area (Å²) in [6.45, 7) is 1.40. The minimum atomic E-state index is -3.83. The Morgan fingerprint density at radius 2 is 1.68 bits per heavy atom. The number of carbonyl (C=O) groups is 1. The summed E-state index contributed by atoms with van der Waals surface area (Å²) >= 11 is 0. The molecule has 0 aromatic heterocycles. The number of methoxy groups -OCH3 is 2. The Hall–Kier alpha value is -2.74. The second-order valence-corrected chi connectivity index (χ2v) is 7.16. The minimum absolute atomic E-state index is 0.0317. The number of amides is 1. The smallest absolute Gasteiger partial charge is 0.267 e. The highest BCUT2D eigenvalue weighted by Gasteiger charge is 2.25. The number of benzene rings is 2. The van der Waals surface area contributed by atoms with Crippen LogP contribution in [0.5, 0.6) is 11.5 Å². The third-order valence-corrected chi connectivity index (χ3v) is 5.39. The second-order valence-electron chi connectivity index (χ2n) is 5.22. The molecule has 0 heterocycles. The lowest BCUT2D eigenvalue weighted by molar-refractivity contribution is -0.114. The van der Waals surface area contributed by atoms with Crippen LogP contribution in [0.15, 0.2) is 47.4 Å². The molecule has 0 unspecified atom stereocenters. The van der Waals surface area contributed by atoms with Gasteiger partial charge >= 0.3 is 0 Å². The molecule has 0 spiro atoms. The summed E-state index contributed by atoms with van der Waals surface area (Å²) in [5.74, 6) is 0.496. The van der Waals surface area contributed by atoms with Crippen molar-refractivity contribution < 1.29 is 22.7 Å². The number of nitrogens with one attached hydrogen (secondary N) is 1. The fourth-order valence-electron chi connectivity index (χ4n) is 2.23. The normalized spacial score (nSPS) is 10.9. The lowest BCUT2D eigenvalue weighted by Crippen LogP contribution is -2.27. The highest BCUT2D eigenvalue weighted by molar-refractivity contribution is 7.92. The van der Waals surface area contributed by atoms with E-state index in [4.69, 9.17) is 9.47 Å². The van der Waals surface area contributed by atoms with E-state index in [0.717, 1.165) is 4.31 Å². The number of hydrogen-bond donors (Lipinski definition) is 1. The number of sulfonamides is 1. The third-order valence-electron chi connectivity index (χ3n) is 3.56. The van der Waals surface area contributed by atoms with E-state index in [1.165, 1.54) is 40.3 Å². The van der Waals surface area contributed by atoms with Gasteiger partial charge in [-0.25, -0.2) is 8.42 Å². The van der Waals surface area contributed by atoms with E-state index in [0.29, 0.717) is 17.1 Å². The molecule has 2 rings (SSSR count). The van der Waals surface area contributed by atoms with Gasteiger partial charge in [0.1, 0.15) is 16.4 Å². The van der Waals surface area contributed by atoms with Crippen molar-refractivity contribution in [3.8, 4) is 11.5 Å². The predicted octanol–water partition coefficient (Wildman–Crippen LogP) is 2.49. The number of hydrogen-bond acceptors (Lipinski definition) is 5.